The molecule has 1 fully saturated rings. The van der Waals surface area contributed by atoms with Crippen molar-refractivity contribution in [3.63, 3.8) is 0 Å². The van der Waals surface area contributed by atoms with Crippen molar-refractivity contribution in [2.24, 2.45) is 0 Å². The van der Waals surface area contributed by atoms with Crippen molar-refractivity contribution in [1.29, 1.82) is 0 Å². The maximum Gasteiger partial charge on any atom is 0.417 e. The van der Waals surface area contributed by atoms with Gasteiger partial charge in [0.2, 0.25) is 0 Å². The van der Waals surface area contributed by atoms with Crippen LogP contribution in [0.4, 0.5) is 13.2 Å². The van der Waals surface area contributed by atoms with E-state index in [0.717, 1.165) is 30.8 Å². The van der Waals surface area contributed by atoms with E-state index in [-0.39, 0.29) is 6.04 Å². The van der Waals surface area contributed by atoms with Crippen molar-refractivity contribution in [2.45, 2.75) is 57.7 Å². The maximum absolute atomic E-state index is 12.9. The quantitative estimate of drug-likeness (QED) is 0.777. The Labute approximate surface area is 133 Å². The van der Waals surface area contributed by atoms with Gasteiger partial charge in [0.05, 0.1) is 11.3 Å². The molecule has 3 rings (SSSR count). The third kappa shape index (κ3) is 3.26. The average molecular weight is 323 g/mol. The SMILES string of the molecule is CC(C)n1nc(-c2cncc(C(F)(F)F)c2)cc1C1CCCC1. The fourth-order valence-corrected chi connectivity index (χ4v) is 3.23. The van der Waals surface area contributed by atoms with Crippen LogP contribution in [0.25, 0.3) is 11.3 Å². The molecule has 0 unspecified atom stereocenters. The lowest BCUT2D eigenvalue weighted by Crippen LogP contribution is -2.10. The number of rotatable bonds is 3. The predicted molar refractivity (Wildman–Crippen MR) is 82.1 cm³/mol. The van der Waals surface area contributed by atoms with Crippen LogP contribution in [0.1, 0.15) is 62.7 Å². The van der Waals surface area contributed by atoms with E-state index in [0.29, 0.717) is 17.2 Å². The molecule has 0 amide bonds. The monoisotopic (exact) mass is 323 g/mol. The van der Waals surface area contributed by atoms with E-state index >= 15 is 0 Å². The number of hydrogen-bond donors (Lipinski definition) is 0. The largest absolute Gasteiger partial charge is 0.417 e. The summed E-state index contributed by atoms with van der Waals surface area (Å²) in [5.41, 5.74) is 1.37. The summed E-state index contributed by atoms with van der Waals surface area (Å²) in [6, 6.07) is 3.24. The molecule has 0 spiro atoms. The lowest BCUT2D eigenvalue weighted by Gasteiger charge is -2.15. The van der Waals surface area contributed by atoms with Crippen molar-refractivity contribution < 1.29 is 13.2 Å². The molecule has 2 aromatic heterocycles. The van der Waals surface area contributed by atoms with Crippen molar-refractivity contribution in [2.75, 3.05) is 0 Å². The van der Waals surface area contributed by atoms with Crippen LogP contribution in [0.3, 0.4) is 0 Å². The molecule has 0 bridgehead atoms. The van der Waals surface area contributed by atoms with Gasteiger partial charge in [-0.25, -0.2) is 0 Å². The number of halogens is 3. The summed E-state index contributed by atoms with van der Waals surface area (Å²) in [7, 11) is 0. The van der Waals surface area contributed by atoms with Crippen molar-refractivity contribution in [1.82, 2.24) is 14.8 Å². The van der Waals surface area contributed by atoms with Crippen LogP contribution in [-0.2, 0) is 6.18 Å². The van der Waals surface area contributed by atoms with Gasteiger partial charge in [0.25, 0.3) is 0 Å². The molecular weight excluding hydrogens is 303 g/mol. The lowest BCUT2D eigenvalue weighted by molar-refractivity contribution is -0.137. The summed E-state index contributed by atoms with van der Waals surface area (Å²) in [5.74, 6) is 0.456. The molecule has 1 aliphatic carbocycles. The Morgan fingerprint density at radius 2 is 1.83 bits per heavy atom. The summed E-state index contributed by atoms with van der Waals surface area (Å²) in [6.07, 6.45) is 2.56. The highest BCUT2D eigenvalue weighted by molar-refractivity contribution is 5.59. The highest BCUT2D eigenvalue weighted by Crippen LogP contribution is 2.37. The van der Waals surface area contributed by atoms with E-state index < -0.39 is 11.7 Å². The summed E-state index contributed by atoms with van der Waals surface area (Å²) >= 11 is 0. The Balaban J connectivity index is 2.02. The van der Waals surface area contributed by atoms with Gasteiger partial charge in [0, 0.05) is 35.6 Å². The van der Waals surface area contributed by atoms with Gasteiger partial charge < -0.3 is 0 Å². The lowest BCUT2D eigenvalue weighted by atomic mass is 10.0. The second-order valence-electron chi connectivity index (χ2n) is 6.43. The Morgan fingerprint density at radius 1 is 1.13 bits per heavy atom. The second-order valence-corrected chi connectivity index (χ2v) is 6.43. The molecule has 0 saturated heterocycles. The Morgan fingerprint density at radius 3 is 2.43 bits per heavy atom. The van der Waals surface area contributed by atoms with E-state index in [1.165, 1.54) is 19.0 Å². The van der Waals surface area contributed by atoms with Gasteiger partial charge in [0.1, 0.15) is 0 Å². The normalized spacial score (nSPS) is 16.4. The summed E-state index contributed by atoms with van der Waals surface area (Å²) in [4.78, 5) is 3.74. The molecule has 0 aromatic carbocycles. The molecule has 1 saturated carbocycles. The minimum absolute atomic E-state index is 0.179. The van der Waals surface area contributed by atoms with Gasteiger partial charge in [-0.15, -0.1) is 0 Å². The van der Waals surface area contributed by atoms with Crippen LogP contribution in [-0.4, -0.2) is 14.8 Å². The second kappa shape index (κ2) is 5.98. The molecular formula is C17H20F3N3. The zero-order valence-corrected chi connectivity index (χ0v) is 13.3. The average Bonchev–Trinajstić information content (AvgIpc) is 3.15. The van der Waals surface area contributed by atoms with Gasteiger partial charge in [-0.2, -0.15) is 18.3 Å². The minimum atomic E-state index is -4.39. The van der Waals surface area contributed by atoms with E-state index in [1.807, 2.05) is 24.6 Å². The van der Waals surface area contributed by atoms with Crippen LogP contribution in [0.5, 0.6) is 0 Å². The molecule has 0 radical (unpaired) electrons. The van der Waals surface area contributed by atoms with Crippen LogP contribution in [0.2, 0.25) is 0 Å². The van der Waals surface area contributed by atoms with Gasteiger partial charge in [-0.3, -0.25) is 9.67 Å². The van der Waals surface area contributed by atoms with Crippen LogP contribution < -0.4 is 0 Å². The topological polar surface area (TPSA) is 30.7 Å². The zero-order chi connectivity index (χ0) is 16.6. The molecule has 6 heteroatoms. The fraction of sp³-hybridized carbons (Fsp3) is 0.529. The molecule has 0 aliphatic heterocycles. The number of hydrogen-bond acceptors (Lipinski definition) is 2. The van der Waals surface area contributed by atoms with Crippen molar-refractivity contribution >= 4 is 0 Å². The van der Waals surface area contributed by atoms with Gasteiger partial charge in [0.15, 0.2) is 0 Å². The van der Waals surface area contributed by atoms with E-state index in [9.17, 15) is 13.2 Å². The van der Waals surface area contributed by atoms with Crippen LogP contribution >= 0.6 is 0 Å². The molecule has 2 aromatic rings. The number of nitrogens with zero attached hydrogens (tertiary/aromatic N) is 3. The first kappa shape index (κ1) is 16.0. The minimum Gasteiger partial charge on any atom is -0.266 e. The smallest absolute Gasteiger partial charge is 0.266 e. The molecule has 23 heavy (non-hydrogen) atoms. The van der Waals surface area contributed by atoms with Crippen molar-refractivity contribution in [3.05, 3.63) is 35.8 Å². The van der Waals surface area contributed by atoms with E-state index in [4.69, 9.17) is 0 Å². The molecule has 124 valence electrons. The Hall–Kier alpha value is -1.85. The summed E-state index contributed by atoms with van der Waals surface area (Å²) < 4.78 is 40.6. The maximum atomic E-state index is 12.9. The fourth-order valence-electron chi connectivity index (χ4n) is 3.23. The molecule has 0 atom stereocenters. The van der Waals surface area contributed by atoms with E-state index in [1.54, 1.807) is 0 Å². The molecule has 0 N–H and O–H groups in total. The third-order valence-corrected chi connectivity index (χ3v) is 4.39. The molecule has 2 heterocycles. The van der Waals surface area contributed by atoms with Crippen LogP contribution in [0, 0.1) is 0 Å². The number of aromatic nitrogens is 3. The number of pyridine rings is 1. The summed E-state index contributed by atoms with van der Waals surface area (Å²) in [6.45, 7) is 4.08. The Kier molecular flexibility index (Phi) is 4.17. The predicted octanol–water partition coefficient (Wildman–Crippen LogP) is 5.20. The first-order chi connectivity index (χ1) is 10.9. The standard InChI is InChI=1S/C17H20F3N3/c1-11(2)23-16(12-5-3-4-6-12)8-15(22-23)13-7-14(10-21-9-13)17(18,19)20/h7-12H,3-6H2,1-2H3. The third-order valence-electron chi connectivity index (χ3n) is 4.39. The van der Waals surface area contributed by atoms with Gasteiger partial charge in [-0.05, 0) is 38.8 Å². The van der Waals surface area contributed by atoms with Crippen LogP contribution in [0.15, 0.2) is 24.5 Å². The molecule has 3 nitrogen and oxygen atoms in total. The summed E-state index contributed by atoms with van der Waals surface area (Å²) in [5, 5.41) is 4.56. The van der Waals surface area contributed by atoms with Gasteiger partial charge in [-0.1, -0.05) is 12.8 Å². The van der Waals surface area contributed by atoms with E-state index in [2.05, 4.69) is 10.1 Å². The van der Waals surface area contributed by atoms with Crippen molar-refractivity contribution in [3.8, 4) is 11.3 Å². The first-order valence-corrected chi connectivity index (χ1v) is 7.98. The first-order valence-electron chi connectivity index (χ1n) is 7.98. The Bertz CT molecular complexity index is 683. The van der Waals surface area contributed by atoms with Gasteiger partial charge >= 0.3 is 6.18 Å². The number of alkyl halides is 3. The molecule has 1 aliphatic rings. The highest BCUT2D eigenvalue weighted by atomic mass is 19.4. The zero-order valence-electron chi connectivity index (χ0n) is 13.3. The highest BCUT2D eigenvalue weighted by Gasteiger charge is 2.31.